The fourth-order valence-corrected chi connectivity index (χ4v) is 3.14. The van der Waals surface area contributed by atoms with Gasteiger partial charge >= 0.3 is 0 Å². The van der Waals surface area contributed by atoms with Crippen LogP contribution in [0.15, 0.2) is 39.5 Å². The number of nitrogens with one attached hydrogen (secondary N) is 1. The van der Waals surface area contributed by atoms with Crippen LogP contribution in [0.5, 0.6) is 5.75 Å². The van der Waals surface area contributed by atoms with Crippen molar-refractivity contribution >= 4 is 27.3 Å². The van der Waals surface area contributed by atoms with Crippen LogP contribution >= 0.6 is 27.3 Å². The van der Waals surface area contributed by atoms with Crippen LogP contribution in [0.1, 0.15) is 37.9 Å². The predicted octanol–water partition coefficient (Wildman–Crippen LogP) is 5.15. The SMILES string of the molecule is CC(C)Oc1ccc(C(C)NCc2csc(Br)c2)cc1. The highest BCUT2D eigenvalue weighted by atomic mass is 79.9. The Morgan fingerprint density at radius 3 is 2.45 bits per heavy atom. The minimum absolute atomic E-state index is 0.216. The van der Waals surface area contributed by atoms with Crippen molar-refractivity contribution in [3.8, 4) is 5.75 Å². The molecule has 0 spiro atoms. The lowest BCUT2D eigenvalue weighted by Crippen LogP contribution is -2.17. The van der Waals surface area contributed by atoms with Gasteiger partial charge in [0.15, 0.2) is 0 Å². The van der Waals surface area contributed by atoms with Gasteiger partial charge in [-0.05, 0) is 71.4 Å². The number of ether oxygens (including phenoxy) is 1. The van der Waals surface area contributed by atoms with Gasteiger partial charge in [0.05, 0.1) is 9.89 Å². The molecule has 0 aliphatic rings. The van der Waals surface area contributed by atoms with Crippen molar-refractivity contribution in [2.45, 2.75) is 39.5 Å². The van der Waals surface area contributed by atoms with Crippen LogP contribution in [0.25, 0.3) is 0 Å². The van der Waals surface area contributed by atoms with E-state index in [4.69, 9.17) is 4.74 Å². The van der Waals surface area contributed by atoms with Crippen LogP contribution in [0.2, 0.25) is 0 Å². The molecule has 0 bridgehead atoms. The van der Waals surface area contributed by atoms with E-state index in [0.29, 0.717) is 6.04 Å². The summed E-state index contributed by atoms with van der Waals surface area (Å²) < 4.78 is 6.83. The summed E-state index contributed by atoms with van der Waals surface area (Å²) in [5.74, 6) is 0.928. The third-order valence-electron chi connectivity index (χ3n) is 2.99. The largest absolute Gasteiger partial charge is 0.491 e. The van der Waals surface area contributed by atoms with Crippen LogP contribution in [0.3, 0.4) is 0 Å². The molecule has 2 aromatic rings. The molecule has 1 unspecified atom stereocenters. The third-order valence-corrected chi connectivity index (χ3v) is 4.54. The van der Waals surface area contributed by atoms with Crippen molar-refractivity contribution in [2.75, 3.05) is 0 Å². The van der Waals surface area contributed by atoms with Gasteiger partial charge in [-0.1, -0.05) is 12.1 Å². The molecule has 1 atom stereocenters. The van der Waals surface area contributed by atoms with Crippen LogP contribution in [-0.4, -0.2) is 6.10 Å². The maximum atomic E-state index is 5.66. The second-order valence-corrected chi connectivity index (χ2v) is 7.39. The van der Waals surface area contributed by atoms with Gasteiger partial charge in [0, 0.05) is 12.6 Å². The Morgan fingerprint density at radius 1 is 1.20 bits per heavy atom. The summed E-state index contributed by atoms with van der Waals surface area (Å²) >= 11 is 5.21. The summed E-state index contributed by atoms with van der Waals surface area (Å²) in [6.45, 7) is 7.14. The van der Waals surface area contributed by atoms with E-state index in [0.717, 1.165) is 12.3 Å². The Kier molecular flexibility index (Phi) is 5.64. The number of rotatable bonds is 6. The lowest BCUT2D eigenvalue weighted by Gasteiger charge is -2.15. The molecule has 0 amide bonds. The molecule has 20 heavy (non-hydrogen) atoms. The van der Waals surface area contributed by atoms with E-state index < -0.39 is 0 Å². The van der Waals surface area contributed by atoms with Crippen LogP contribution in [0, 0.1) is 0 Å². The Hall–Kier alpha value is -0.840. The molecule has 2 rings (SSSR count). The molecule has 1 N–H and O–H groups in total. The lowest BCUT2D eigenvalue weighted by molar-refractivity contribution is 0.242. The second kappa shape index (κ2) is 7.25. The highest BCUT2D eigenvalue weighted by molar-refractivity contribution is 9.11. The smallest absolute Gasteiger partial charge is 0.119 e. The lowest BCUT2D eigenvalue weighted by atomic mass is 10.1. The van der Waals surface area contributed by atoms with Crippen molar-refractivity contribution < 1.29 is 4.74 Å². The van der Waals surface area contributed by atoms with E-state index in [9.17, 15) is 0 Å². The first-order valence-electron chi connectivity index (χ1n) is 6.77. The van der Waals surface area contributed by atoms with E-state index in [-0.39, 0.29) is 6.10 Å². The zero-order valence-corrected chi connectivity index (χ0v) is 14.4. The summed E-state index contributed by atoms with van der Waals surface area (Å²) in [6, 6.07) is 10.8. The average molecular weight is 354 g/mol. The maximum Gasteiger partial charge on any atom is 0.119 e. The van der Waals surface area contributed by atoms with Crippen LogP contribution < -0.4 is 10.1 Å². The van der Waals surface area contributed by atoms with Gasteiger partial charge in [0.1, 0.15) is 5.75 Å². The monoisotopic (exact) mass is 353 g/mol. The number of hydrogen-bond acceptors (Lipinski definition) is 3. The zero-order valence-electron chi connectivity index (χ0n) is 12.0. The van der Waals surface area contributed by atoms with Gasteiger partial charge in [0.25, 0.3) is 0 Å². The molecule has 0 saturated carbocycles. The van der Waals surface area contributed by atoms with E-state index in [1.807, 2.05) is 26.0 Å². The molecular formula is C16H20BrNOS. The topological polar surface area (TPSA) is 21.3 Å². The summed E-state index contributed by atoms with van der Waals surface area (Å²) in [6.07, 6.45) is 0.216. The molecule has 0 saturated heterocycles. The summed E-state index contributed by atoms with van der Waals surface area (Å²) in [7, 11) is 0. The first kappa shape index (κ1) is 15.5. The van der Waals surface area contributed by atoms with Gasteiger partial charge < -0.3 is 10.1 Å². The standard InChI is InChI=1S/C16H20BrNOS/c1-11(2)19-15-6-4-14(5-7-15)12(3)18-9-13-8-16(17)20-10-13/h4-8,10-12,18H,9H2,1-3H3. The normalized spacial score (nSPS) is 12.7. The van der Waals surface area contributed by atoms with Crippen molar-refractivity contribution in [1.82, 2.24) is 5.32 Å². The summed E-state index contributed by atoms with van der Waals surface area (Å²) in [4.78, 5) is 0. The highest BCUT2D eigenvalue weighted by Crippen LogP contribution is 2.22. The van der Waals surface area contributed by atoms with Crippen molar-refractivity contribution in [2.24, 2.45) is 0 Å². The van der Waals surface area contributed by atoms with Crippen LogP contribution in [0.4, 0.5) is 0 Å². The van der Waals surface area contributed by atoms with Crippen LogP contribution in [-0.2, 0) is 6.54 Å². The molecule has 1 aromatic carbocycles. The fraction of sp³-hybridized carbons (Fsp3) is 0.375. The summed E-state index contributed by atoms with van der Waals surface area (Å²) in [5, 5.41) is 5.70. The van der Waals surface area contributed by atoms with E-state index in [1.165, 1.54) is 14.9 Å². The van der Waals surface area contributed by atoms with Gasteiger partial charge in [0.2, 0.25) is 0 Å². The molecule has 1 aromatic heterocycles. The highest BCUT2D eigenvalue weighted by Gasteiger charge is 2.06. The molecule has 0 radical (unpaired) electrons. The van der Waals surface area contributed by atoms with Gasteiger partial charge in [-0.3, -0.25) is 0 Å². The van der Waals surface area contributed by atoms with Gasteiger partial charge in [-0.2, -0.15) is 0 Å². The van der Waals surface area contributed by atoms with E-state index >= 15 is 0 Å². The minimum atomic E-state index is 0.216. The Morgan fingerprint density at radius 2 is 1.90 bits per heavy atom. The molecule has 0 aliphatic heterocycles. The number of hydrogen-bond donors (Lipinski definition) is 1. The molecule has 0 aliphatic carbocycles. The maximum absolute atomic E-state index is 5.66. The third kappa shape index (κ3) is 4.62. The van der Waals surface area contributed by atoms with Crippen molar-refractivity contribution in [1.29, 1.82) is 0 Å². The number of benzene rings is 1. The quantitative estimate of drug-likeness (QED) is 0.775. The molecule has 0 fully saturated rings. The Bertz CT molecular complexity index is 536. The fourth-order valence-electron chi connectivity index (χ4n) is 1.93. The molecule has 2 nitrogen and oxygen atoms in total. The predicted molar refractivity (Wildman–Crippen MR) is 89.5 cm³/mol. The van der Waals surface area contributed by atoms with Crippen molar-refractivity contribution in [3.05, 3.63) is 50.6 Å². The summed E-state index contributed by atoms with van der Waals surface area (Å²) in [5.41, 5.74) is 2.59. The Labute approximate surface area is 133 Å². The van der Waals surface area contributed by atoms with E-state index in [2.05, 4.69) is 51.7 Å². The minimum Gasteiger partial charge on any atom is -0.491 e. The van der Waals surface area contributed by atoms with Gasteiger partial charge in [-0.15, -0.1) is 11.3 Å². The number of halogens is 1. The molecular weight excluding hydrogens is 334 g/mol. The average Bonchev–Trinajstić information content (AvgIpc) is 2.82. The van der Waals surface area contributed by atoms with Crippen molar-refractivity contribution in [3.63, 3.8) is 0 Å². The first-order valence-corrected chi connectivity index (χ1v) is 8.45. The molecule has 4 heteroatoms. The zero-order chi connectivity index (χ0) is 14.5. The van der Waals surface area contributed by atoms with Gasteiger partial charge in [-0.25, -0.2) is 0 Å². The molecule has 108 valence electrons. The molecule has 1 heterocycles. The number of thiophene rings is 1. The second-order valence-electron chi connectivity index (χ2n) is 5.10. The first-order chi connectivity index (χ1) is 9.54. The Balaban J connectivity index is 1.90. The van der Waals surface area contributed by atoms with E-state index in [1.54, 1.807) is 11.3 Å².